The van der Waals surface area contributed by atoms with Crippen molar-refractivity contribution in [2.24, 2.45) is 5.73 Å². The van der Waals surface area contributed by atoms with E-state index in [1.807, 2.05) is 29.2 Å². The number of nitrogens with zero attached hydrogens (tertiary/aromatic N) is 2. The van der Waals surface area contributed by atoms with Crippen LogP contribution < -0.4 is 5.73 Å². The minimum atomic E-state index is 0. The molecular weight excluding hydrogens is 331 g/mol. The Kier molecular flexibility index (Phi) is 9.37. The SMILES string of the molecule is Cl.N=C(N)N(CCCCCN1CCCC1)Cc1ccc(Cl)cc1. The van der Waals surface area contributed by atoms with E-state index in [2.05, 4.69) is 4.90 Å². The fraction of sp³-hybridized carbons (Fsp3) is 0.588. The second-order valence-electron chi connectivity index (χ2n) is 6.04. The van der Waals surface area contributed by atoms with Gasteiger partial charge in [0.1, 0.15) is 0 Å². The normalized spacial score (nSPS) is 14.5. The van der Waals surface area contributed by atoms with Gasteiger partial charge in [-0.15, -0.1) is 12.4 Å². The van der Waals surface area contributed by atoms with Crippen LogP contribution in [-0.4, -0.2) is 41.9 Å². The number of halogens is 2. The van der Waals surface area contributed by atoms with Gasteiger partial charge in [-0.3, -0.25) is 5.41 Å². The predicted molar refractivity (Wildman–Crippen MR) is 101 cm³/mol. The Morgan fingerprint density at radius 2 is 1.78 bits per heavy atom. The molecule has 23 heavy (non-hydrogen) atoms. The third-order valence-corrected chi connectivity index (χ3v) is 4.48. The van der Waals surface area contributed by atoms with Crippen LogP contribution in [0.4, 0.5) is 0 Å². The third kappa shape index (κ3) is 7.42. The van der Waals surface area contributed by atoms with E-state index in [4.69, 9.17) is 22.7 Å². The van der Waals surface area contributed by atoms with Crippen LogP contribution in [0.15, 0.2) is 24.3 Å². The molecule has 1 heterocycles. The van der Waals surface area contributed by atoms with Gasteiger partial charge in [0.2, 0.25) is 0 Å². The summed E-state index contributed by atoms with van der Waals surface area (Å²) in [5.74, 6) is 0.148. The molecule has 0 aromatic heterocycles. The molecule has 4 nitrogen and oxygen atoms in total. The van der Waals surface area contributed by atoms with Gasteiger partial charge in [-0.1, -0.05) is 30.2 Å². The third-order valence-electron chi connectivity index (χ3n) is 4.23. The summed E-state index contributed by atoms with van der Waals surface area (Å²) in [6.07, 6.45) is 6.24. The number of rotatable bonds is 8. The summed E-state index contributed by atoms with van der Waals surface area (Å²) in [5, 5.41) is 8.47. The fourth-order valence-corrected chi connectivity index (χ4v) is 3.04. The summed E-state index contributed by atoms with van der Waals surface area (Å²) < 4.78 is 0. The summed E-state index contributed by atoms with van der Waals surface area (Å²) in [4.78, 5) is 4.48. The van der Waals surface area contributed by atoms with E-state index in [9.17, 15) is 0 Å². The minimum absolute atomic E-state index is 0. The quantitative estimate of drug-likeness (QED) is 0.423. The summed E-state index contributed by atoms with van der Waals surface area (Å²) in [6.45, 7) is 5.29. The second kappa shape index (κ2) is 10.7. The van der Waals surface area contributed by atoms with Gasteiger partial charge in [-0.2, -0.15) is 0 Å². The monoisotopic (exact) mass is 358 g/mol. The van der Waals surface area contributed by atoms with E-state index in [-0.39, 0.29) is 18.4 Å². The molecule has 0 spiro atoms. The zero-order valence-corrected chi connectivity index (χ0v) is 15.2. The Morgan fingerprint density at radius 3 is 2.39 bits per heavy atom. The van der Waals surface area contributed by atoms with Gasteiger partial charge >= 0.3 is 0 Å². The first kappa shape index (κ1) is 20.1. The molecule has 6 heteroatoms. The summed E-state index contributed by atoms with van der Waals surface area (Å²) >= 11 is 5.90. The first-order valence-corrected chi connectivity index (χ1v) is 8.59. The molecule has 0 atom stereocenters. The maximum Gasteiger partial charge on any atom is 0.188 e. The van der Waals surface area contributed by atoms with Crippen LogP contribution in [0.25, 0.3) is 0 Å². The van der Waals surface area contributed by atoms with Crippen LogP contribution in [0.3, 0.4) is 0 Å². The van der Waals surface area contributed by atoms with Crippen LogP contribution in [0.5, 0.6) is 0 Å². The maximum absolute atomic E-state index is 7.73. The second-order valence-corrected chi connectivity index (χ2v) is 6.48. The predicted octanol–water partition coefficient (Wildman–Crippen LogP) is 3.72. The highest BCUT2D eigenvalue weighted by Crippen LogP contribution is 2.13. The van der Waals surface area contributed by atoms with Gasteiger partial charge < -0.3 is 15.5 Å². The molecule has 130 valence electrons. The lowest BCUT2D eigenvalue weighted by Gasteiger charge is -2.23. The molecule has 1 aromatic carbocycles. The maximum atomic E-state index is 7.73. The lowest BCUT2D eigenvalue weighted by Crippen LogP contribution is -2.36. The molecular formula is C17H28Cl2N4. The lowest BCUT2D eigenvalue weighted by molar-refractivity contribution is 0.321. The van der Waals surface area contributed by atoms with Gasteiger partial charge in [0.25, 0.3) is 0 Å². The van der Waals surface area contributed by atoms with Gasteiger partial charge in [-0.05, 0) is 63.0 Å². The number of benzene rings is 1. The summed E-state index contributed by atoms with van der Waals surface area (Å²) in [6, 6.07) is 7.74. The lowest BCUT2D eigenvalue weighted by atomic mass is 10.2. The molecule has 1 saturated heterocycles. The molecule has 0 bridgehead atoms. The number of guanidine groups is 1. The van der Waals surface area contributed by atoms with Gasteiger partial charge in [0.15, 0.2) is 5.96 Å². The Hall–Kier alpha value is -0.970. The Bertz CT molecular complexity index is 458. The number of unbranched alkanes of at least 4 members (excludes halogenated alkanes) is 2. The number of nitrogens with one attached hydrogen (secondary N) is 1. The Labute approximate surface area is 150 Å². The Balaban J connectivity index is 0.00000264. The van der Waals surface area contributed by atoms with Crippen molar-refractivity contribution in [2.75, 3.05) is 26.2 Å². The van der Waals surface area contributed by atoms with Crippen LogP contribution >= 0.6 is 24.0 Å². The van der Waals surface area contributed by atoms with Crippen molar-refractivity contribution < 1.29 is 0 Å². The van der Waals surface area contributed by atoms with Crippen LogP contribution in [-0.2, 0) is 6.54 Å². The average molecular weight is 359 g/mol. The van der Waals surface area contributed by atoms with E-state index in [1.54, 1.807) is 0 Å². The molecule has 2 rings (SSSR count). The zero-order chi connectivity index (χ0) is 15.8. The van der Waals surface area contributed by atoms with E-state index >= 15 is 0 Å². The molecule has 0 saturated carbocycles. The van der Waals surface area contributed by atoms with Crippen LogP contribution in [0.2, 0.25) is 5.02 Å². The van der Waals surface area contributed by atoms with E-state index in [0.29, 0.717) is 6.54 Å². The molecule has 1 aliphatic rings. The van der Waals surface area contributed by atoms with Gasteiger partial charge in [-0.25, -0.2) is 0 Å². The van der Waals surface area contributed by atoms with Crippen molar-refractivity contribution in [3.63, 3.8) is 0 Å². The topological polar surface area (TPSA) is 56.4 Å². The summed E-state index contributed by atoms with van der Waals surface area (Å²) in [7, 11) is 0. The highest BCUT2D eigenvalue weighted by Gasteiger charge is 2.11. The van der Waals surface area contributed by atoms with E-state index < -0.39 is 0 Å². The van der Waals surface area contributed by atoms with Crippen molar-refractivity contribution in [3.8, 4) is 0 Å². The largest absolute Gasteiger partial charge is 0.370 e. The highest BCUT2D eigenvalue weighted by molar-refractivity contribution is 6.30. The smallest absolute Gasteiger partial charge is 0.188 e. The fourth-order valence-electron chi connectivity index (χ4n) is 2.92. The molecule has 0 unspecified atom stereocenters. The molecule has 1 aromatic rings. The summed E-state index contributed by atoms with van der Waals surface area (Å²) in [5.41, 5.74) is 6.84. The molecule has 0 amide bonds. The van der Waals surface area contributed by atoms with Crippen molar-refractivity contribution in [1.82, 2.24) is 9.80 Å². The van der Waals surface area contributed by atoms with Crippen molar-refractivity contribution in [3.05, 3.63) is 34.9 Å². The number of hydrogen-bond acceptors (Lipinski definition) is 2. The van der Waals surface area contributed by atoms with E-state index in [1.165, 1.54) is 45.3 Å². The first-order chi connectivity index (χ1) is 10.6. The van der Waals surface area contributed by atoms with Crippen molar-refractivity contribution in [1.29, 1.82) is 5.41 Å². The molecule has 0 aliphatic carbocycles. The van der Waals surface area contributed by atoms with Crippen LogP contribution in [0, 0.1) is 5.41 Å². The molecule has 0 radical (unpaired) electrons. The standard InChI is InChI=1S/C17H27ClN4.ClH/c18-16-8-6-15(7-9-16)14-22(17(19)20)13-3-1-2-10-21-11-4-5-12-21;/h6-9H,1-5,10-14H2,(H3,19,20);1H. The number of hydrogen-bond donors (Lipinski definition) is 2. The molecule has 1 aliphatic heterocycles. The highest BCUT2D eigenvalue weighted by atomic mass is 35.5. The Morgan fingerprint density at radius 1 is 1.13 bits per heavy atom. The average Bonchev–Trinajstić information content (AvgIpc) is 3.01. The van der Waals surface area contributed by atoms with Crippen molar-refractivity contribution in [2.45, 2.75) is 38.6 Å². The zero-order valence-electron chi connectivity index (χ0n) is 13.6. The van der Waals surface area contributed by atoms with E-state index in [0.717, 1.165) is 23.6 Å². The molecule has 3 N–H and O–H groups in total. The first-order valence-electron chi connectivity index (χ1n) is 8.21. The van der Waals surface area contributed by atoms with Gasteiger partial charge in [0, 0.05) is 18.1 Å². The minimum Gasteiger partial charge on any atom is -0.370 e. The van der Waals surface area contributed by atoms with Crippen LogP contribution in [0.1, 0.15) is 37.7 Å². The number of likely N-dealkylation sites (tertiary alicyclic amines) is 1. The van der Waals surface area contributed by atoms with Gasteiger partial charge in [0.05, 0.1) is 0 Å². The number of nitrogens with two attached hydrogens (primary N) is 1. The molecule has 1 fully saturated rings. The van der Waals surface area contributed by atoms with Crippen molar-refractivity contribution >= 4 is 30.0 Å².